The second-order valence-corrected chi connectivity index (χ2v) is 7.32. The van der Waals surface area contributed by atoms with E-state index in [1.807, 2.05) is 23.1 Å². The fourth-order valence-corrected chi connectivity index (χ4v) is 3.79. The number of amides is 2. The first kappa shape index (κ1) is 17.9. The lowest BCUT2D eigenvalue weighted by atomic mass is 9.98. The zero-order valence-corrected chi connectivity index (χ0v) is 15.0. The molecule has 0 aromatic heterocycles. The van der Waals surface area contributed by atoms with Crippen molar-refractivity contribution < 1.29 is 9.59 Å². The van der Waals surface area contributed by atoms with Gasteiger partial charge in [0.2, 0.25) is 11.8 Å². The maximum absolute atomic E-state index is 12.4. The van der Waals surface area contributed by atoms with Gasteiger partial charge in [-0.3, -0.25) is 9.59 Å². The van der Waals surface area contributed by atoms with E-state index >= 15 is 0 Å². The lowest BCUT2D eigenvalue weighted by Gasteiger charge is -2.19. The summed E-state index contributed by atoms with van der Waals surface area (Å²) in [6, 6.07) is 10.2. The maximum atomic E-state index is 12.4. The molecule has 2 heterocycles. The quantitative estimate of drug-likeness (QED) is 0.829. The fraction of sp³-hybridized carbons (Fsp3) is 0.600. The van der Waals surface area contributed by atoms with E-state index in [4.69, 9.17) is 0 Å². The molecule has 3 atom stereocenters. The van der Waals surface area contributed by atoms with Gasteiger partial charge in [0.05, 0.1) is 12.0 Å². The van der Waals surface area contributed by atoms with Crippen molar-refractivity contribution in [2.24, 2.45) is 5.92 Å². The summed E-state index contributed by atoms with van der Waals surface area (Å²) in [5.41, 5.74) is 1.30. The van der Waals surface area contributed by atoms with Crippen molar-refractivity contribution in [1.82, 2.24) is 15.5 Å². The van der Waals surface area contributed by atoms with E-state index in [1.165, 1.54) is 5.56 Å². The Morgan fingerprint density at radius 3 is 2.68 bits per heavy atom. The summed E-state index contributed by atoms with van der Waals surface area (Å²) in [5, 5.41) is 6.29. The summed E-state index contributed by atoms with van der Waals surface area (Å²) >= 11 is 0. The molecule has 5 nitrogen and oxygen atoms in total. The van der Waals surface area contributed by atoms with Gasteiger partial charge in [-0.15, -0.1) is 0 Å². The predicted octanol–water partition coefficient (Wildman–Crippen LogP) is 1.90. The zero-order chi connectivity index (χ0) is 17.6. The Bertz CT molecular complexity index is 584. The number of carbonyl (C=O) groups is 2. The minimum absolute atomic E-state index is 0.0736. The van der Waals surface area contributed by atoms with Crippen LogP contribution in [-0.2, 0) is 9.59 Å². The number of nitrogens with one attached hydrogen (secondary N) is 2. The molecular weight excluding hydrogens is 314 g/mol. The van der Waals surface area contributed by atoms with Gasteiger partial charge in [0.25, 0.3) is 0 Å². The second kappa shape index (κ2) is 8.48. The highest BCUT2D eigenvalue weighted by Gasteiger charge is 2.36. The van der Waals surface area contributed by atoms with Crippen LogP contribution < -0.4 is 10.6 Å². The van der Waals surface area contributed by atoms with Gasteiger partial charge in [-0.1, -0.05) is 37.3 Å². The van der Waals surface area contributed by atoms with Gasteiger partial charge in [-0.2, -0.15) is 0 Å². The number of hydrogen-bond donors (Lipinski definition) is 2. The normalized spacial score (nSPS) is 24.3. The largest absolute Gasteiger partial charge is 0.356 e. The molecule has 25 heavy (non-hydrogen) atoms. The average molecular weight is 343 g/mol. The van der Waals surface area contributed by atoms with E-state index in [0.29, 0.717) is 25.4 Å². The van der Waals surface area contributed by atoms with Crippen molar-refractivity contribution in [2.45, 2.75) is 44.6 Å². The summed E-state index contributed by atoms with van der Waals surface area (Å²) in [6.45, 7) is 5.19. The lowest BCUT2D eigenvalue weighted by molar-refractivity contribution is -0.132. The van der Waals surface area contributed by atoms with Gasteiger partial charge in [0.15, 0.2) is 0 Å². The molecule has 2 saturated heterocycles. The lowest BCUT2D eigenvalue weighted by Crippen LogP contribution is -2.42. The van der Waals surface area contributed by atoms with E-state index in [1.54, 1.807) is 0 Å². The Balaban J connectivity index is 1.39. The molecule has 2 fully saturated rings. The minimum atomic E-state index is -0.183. The number of carbonyl (C=O) groups excluding carboxylic acids is 2. The summed E-state index contributed by atoms with van der Waals surface area (Å²) < 4.78 is 0. The molecule has 0 spiro atoms. The van der Waals surface area contributed by atoms with E-state index in [0.717, 1.165) is 32.4 Å². The molecular formula is C20H29N3O2. The smallest absolute Gasteiger partial charge is 0.239 e. The standard InChI is InChI=1S/C20H29N3O2/c1-15(16-7-3-2-4-8-16)9-10-21-19(24)17-13-18(22-14-17)20(25)23-11-5-6-12-23/h2-4,7-8,15,17-18,22H,5-6,9-14H2,1H3,(H,21,24)/t15-,17-,18-/m0/s1. The Hall–Kier alpha value is -1.88. The number of benzene rings is 1. The van der Waals surface area contributed by atoms with Crippen LogP contribution in [0.3, 0.4) is 0 Å². The molecule has 2 aliphatic rings. The fourth-order valence-electron chi connectivity index (χ4n) is 3.79. The third-order valence-corrected chi connectivity index (χ3v) is 5.46. The van der Waals surface area contributed by atoms with Gasteiger partial charge in [-0.25, -0.2) is 0 Å². The number of nitrogens with zero attached hydrogens (tertiary/aromatic N) is 1. The molecule has 3 rings (SSSR count). The molecule has 1 aromatic carbocycles. The van der Waals surface area contributed by atoms with Crippen LogP contribution >= 0.6 is 0 Å². The average Bonchev–Trinajstić information content (AvgIpc) is 3.33. The second-order valence-electron chi connectivity index (χ2n) is 7.32. The van der Waals surface area contributed by atoms with Crippen LogP contribution in [-0.4, -0.2) is 48.9 Å². The van der Waals surface area contributed by atoms with Crippen molar-refractivity contribution >= 4 is 11.8 Å². The van der Waals surface area contributed by atoms with Gasteiger partial charge >= 0.3 is 0 Å². The van der Waals surface area contributed by atoms with Crippen LogP contribution in [0.4, 0.5) is 0 Å². The van der Waals surface area contributed by atoms with E-state index in [-0.39, 0.29) is 23.8 Å². The van der Waals surface area contributed by atoms with Gasteiger partial charge < -0.3 is 15.5 Å². The minimum Gasteiger partial charge on any atom is -0.356 e. The third kappa shape index (κ3) is 4.60. The number of hydrogen-bond acceptors (Lipinski definition) is 3. The molecule has 0 unspecified atom stereocenters. The van der Waals surface area contributed by atoms with E-state index in [2.05, 4.69) is 29.7 Å². The molecule has 2 amide bonds. The molecule has 1 aromatic rings. The molecule has 0 aliphatic carbocycles. The van der Waals surface area contributed by atoms with Gasteiger partial charge in [-0.05, 0) is 37.2 Å². The molecule has 2 N–H and O–H groups in total. The topological polar surface area (TPSA) is 61.4 Å². The first-order valence-electron chi connectivity index (χ1n) is 9.50. The van der Waals surface area contributed by atoms with Crippen molar-refractivity contribution in [3.63, 3.8) is 0 Å². The monoisotopic (exact) mass is 343 g/mol. The Morgan fingerprint density at radius 2 is 1.96 bits per heavy atom. The molecule has 0 radical (unpaired) electrons. The van der Waals surface area contributed by atoms with Crippen LogP contribution in [0.25, 0.3) is 0 Å². The van der Waals surface area contributed by atoms with Gasteiger partial charge in [0, 0.05) is 26.2 Å². The van der Waals surface area contributed by atoms with Crippen molar-refractivity contribution in [2.75, 3.05) is 26.2 Å². The van der Waals surface area contributed by atoms with Crippen LogP contribution in [0.15, 0.2) is 30.3 Å². The van der Waals surface area contributed by atoms with Gasteiger partial charge in [0.1, 0.15) is 0 Å². The highest BCUT2D eigenvalue weighted by molar-refractivity contribution is 5.85. The van der Waals surface area contributed by atoms with Crippen LogP contribution in [0, 0.1) is 5.92 Å². The third-order valence-electron chi connectivity index (χ3n) is 5.46. The summed E-state index contributed by atoms with van der Waals surface area (Å²) in [7, 11) is 0. The molecule has 0 saturated carbocycles. The SMILES string of the molecule is C[C@@H](CCNC(=O)[C@@H]1CN[C@H](C(=O)N2CCCC2)C1)c1ccccc1. The van der Waals surface area contributed by atoms with Crippen molar-refractivity contribution in [1.29, 1.82) is 0 Å². The van der Waals surface area contributed by atoms with Crippen LogP contribution in [0.5, 0.6) is 0 Å². The number of likely N-dealkylation sites (tertiary alicyclic amines) is 1. The molecule has 0 bridgehead atoms. The molecule has 5 heteroatoms. The number of rotatable bonds is 6. The molecule has 2 aliphatic heterocycles. The Kier molecular flexibility index (Phi) is 6.08. The predicted molar refractivity (Wildman–Crippen MR) is 98.2 cm³/mol. The van der Waals surface area contributed by atoms with E-state index < -0.39 is 0 Å². The Morgan fingerprint density at radius 1 is 1.24 bits per heavy atom. The van der Waals surface area contributed by atoms with Crippen LogP contribution in [0.2, 0.25) is 0 Å². The van der Waals surface area contributed by atoms with Crippen molar-refractivity contribution in [3.8, 4) is 0 Å². The first-order chi connectivity index (χ1) is 12.1. The van der Waals surface area contributed by atoms with Crippen LogP contribution in [0.1, 0.15) is 44.1 Å². The molecule has 136 valence electrons. The maximum Gasteiger partial charge on any atom is 0.239 e. The zero-order valence-electron chi connectivity index (χ0n) is 15.0. The first-order valence-corrected chi connectivity index (χ1v) is 9.50. The van der Waals surface area contributed by atoms with E-state index in [9.17, 15) is 9.59 Å². The summed E-state index contributed by atoms with van der Waals surface area (Å²) in [5.74, 6) is 0.575. The Labute approximate surface area is 150 Å². The highest BCUT2D eigenvalue weighted by atomic mass is 16.2. The summed E-state index contributed by atoms with van der Waals surface area (Å²) in [6.07, 6.45) is 3.74. The highest BCUT2D eigenvalue weighted by Crippen LogP contribution is 2.20. The summed E-state index contributed by atoms with van der Waals surface area (Å²) in [4.78, 5) is 26.7. The van der Waals surface area contributed by atoms with Crippen molar-refractivity contribution in [3.05, 3.63) is 35.9 Å².